The molecule has 0 radical (unpaired) electrons. The Kier molecular flexibility index (Phi) is 2.71. The molecule has 2 aliphatic rings. The van der Waals surface area contributed by atoms with Gasteiger partial charge in [-0.1, -0.05) is 12.1 Å². The lowest BCUT2D eigenvalue weighted by molar-refractivity contribution is 0.625. The summed E-state index contributed by atoms with van der Waals surface area (Å²) in [4.78, 5) is 4.38. The van der Waals surface area contributed by atoms with Gasteiger partial charge in [0.25, 0.3) is 0 Å². The summed E-state index contributed by atoms with van der Waals surface area (Å²) in [6.07, 6.45) is 2.16. The van der Waals surface area contributed by atoms with Crippen LogP contribution in [0, 0.1) is 5.82 Å². The third kappa shape index (κ3) is 2.40. The summed E-state index contributed by atoms with van der Waals surface area (Å²) in [7, 11) is 0. The zero-order chi connectivity index (χ0) is 11.7. The smallest absolute Gasteiger partial charge is 0.191 e. The molecule has 90 valence electrons. The second kappa shape index (κ2) is 4.35. The Bertz CT molecular complexity index is 444. The molecule has 1 heterocycles. The van der Waals surface area contributed by atoms with E-state index in [4.69, 9.17) is 0 Å². The molecule has 1 fully saturated rings. The van der Waals surface area contributed by atoms with Crippen molar-refractivity contribution in [1.29, 1.82) is 0 Å². The number of rotatable bonds is 2. The van der Waals surface area contributed by atoms with Crippen molar-refractivity contribution in [3.63, 3.8) is 0 Å². The molecule has 0 amide bonds. The molecule has 1 saturated carbocycles. The number of guanidine groups is 1. The molecule has 0 aromatic heterocycles. The van der Waals surface area contributed by atoms with Crippen LogP contribution in [0.25, 0.3) is 0 Å². The molecule has 1 aliphatic carbocycles. The fraction of sp³-hybridized carbons (Fsp3) is 0.462. The van der Waals surface area contributed by atoms with E-state index in [1.807, 2.05) is 6.07 Å². The molecule has 0 saturated heterocycles. The number of hydrogen-bond donors (Lipinski definition) is 2. The van der Waals surface area contributed by atoms with Crippen molar-refractivity contribution in [2.75, 3.05) is 13.1 Å². The van der Waals surface area contributed by atoms with E-state index >= 15 is 0 Å². The van der Waals surface area contributed by atoms with Crippen LogP contribution in [0.4, 0.5) is 4.39 Å². The van der Waals surface area contributed by atoms with Gasteiger partial charge in [-0.3, -0.25) is 4.99 Å². The van der Waals surface area contributed by atoms with E-state index in [1.54, 1.807) is 12.1 Å². The van der Waals surface area contributed by atoms with E-state index in [-0.39, 0.29) is 5.82 Å². The van der Waals surface area contributed by atoms with Crippen LogP contribution in [0.2, 0.25) is 0 Å². The minimum absolute atomic E-state index is 0.152. The molecule has 17 heavy (non-hydrogen) atoms. The average molecular weight is 233 g/mol. The zero-order valence-corrected chi connectivity index (χ0v) is 9.62. The number of aliphatic imine (C=N–C) groups is 1. The van der Waals surface area contributed by atoms with Crippen LogP contribution < -0.4 is 10.6 Å². The Balaban J connectivity index is 1.61. The predicted molar refractivity (Wildman–Crippen MR) is 65.6 cm³/mol. The van der Waals surface area contributed by atoms with Crippen molar-refractivity contribution >= 4 is 5.96 Å². The summed E-state index contributed by atoms with van der Waals surface area (Å²) in [5.74, 6) is 1.18. The molecule has 1 aromatic rings. The minimum atomic E-state index is -0.152. The van der Waals surface area contributed by atoms with Gasteiger partial charge < -0.3 is 10.6 Å². The van der Waals surface area contributed by atoms with Gasteiger partial charge in [-0.25, -0.2) is 4.39 Å². The standard InChI is InChI=1S/C13H16FN3/c14-10-4-1-3-9(7-10)11-8-12(11)17-13-15-5-2-6-16-13/h1,3-4,7,11-12H,2,5-6,8H2,(H2,15,16,17). The van der Waals surface area contributed by atoms with Crippen LogP contribution in [-0.4, -0.2) is 25.1 Å². The quantitative estimate of drug-likeness (QED) is 0.814. The molecule has 0 bridgehead atoms. The SMILES string of the molecule is Fc1cccc(C2CC2NC2=NCCCN2)c1. The summed E-state index contributed by atoms with van der Waals surface area (Å²) < 4.78 is 13.1. The Morgan fingerprint density at radius 3 is 3.12 bits per heavy atom. The van der Waals surface area contributed by atoms with Crippen molar-refractivity contribution in [2.45, 2.75) is 24.8 Å². The highest BCUT2D eigenvalue weighted by molar-refractivity contribution is 5.81. The molecule has 1 aromatic carbocycles. The fourth-order valence-electron chi connectivity index (χ4n) is 2.27. The number of halogens is 1. The van der Waals surface area contributed by atoms with Crippen molar-refractivity contribution in [2.24, 2.45) is 4.99 Å². The van der Waals surface area contributed by atoms with Crippen LogP contribution in [0.3, 0.4) is 0 Å². The van der Waals surface area contributed by atoms with E-state index in [0.29, 0.717) is 12.0 Å². The maximum Gasteiger partial charge on any atom is 0.191 e. The Labute approximate surface area is 100 Å². The monoisotopic (exact) mass is 233 g/mol. The third-order valence-electron chi connectivity index (χ3n) is 3.29. The minimum Gasteiger partial charge on any atom is -0.356 e. The van der Waals surface area contributed by atoms with Gasteiger partial charge in [0.15, 0.2) is 5.96 Å². The Hall–Kier alpha value is -1.58. The van der Waals surface area contributed by atoms with E-state index in [2.05, 4.69) is 15.6 Å². The van der Waals surface area contributed by atoms with Crippen LogP contribution in [0.1, 0.15) is 24.3 Å². The second-order valence-electron chi connectivity index (χ2n) is 4.66. The van der Waals surface area contributed by atoms with Gasteiger partial charge >= 0.3 is 0 Å². The Morgan fingerprint density at radius 2 is 2.35 bits per heavy atom. The van der Waals surface area contributed by atoms with Gasteiger partial charge in [-0.2, -0.15) is 0 Å². The highest BCUT2D eigenvalue weighted by Gasteiger charge is 2.39. The molecule has 2 N–H and O–H groups in total. The zero-order valence-electron chi connectivity index (χ0n) is 9.62. The normalized spacial score (nSPS) is 27.0. The molecule has 1 aliphatic heterocycles. The van der Waals surface area contributed by atoms with E-state index in [9.17, 15) is 4.39 Å². The van der Waals surface area contributed by atoms with E-state index in [0.717, 1.165) is 37.5 Å². The number of hydrogen-bond acceptors (Lipinski definition) is 3. The first-order chi connectivity index (χ1) is 8.33. The van der Waals surface area contributed by atoms with E-state index < -0.39 is 0 Å². The maximum absolute atomic E-state index is 13.1. The predicted octanol–water partition coefficient (Wildman–Crippen LogP) is 1.62. The van der Waals surface area contributed by atoms with Crippen LogP contribution >= 0.6 is 0 Å². The van der Waals surface area contributed by atoms with Crippen LogP contribution in [0.15, 0.2) is 29.3 Å². The van der Waals surface area contributed by atoms with E-state index in [1.165, 1.54) is 6.07 Å². The summed E-state index contributed by atoms with van der Waals surface area (Å²) in [5.41, 5.74) is 1.08. The largest absolute Gasteiger partial charge is 0.356 e. The van der Waals surface area contributed by atoms with Crippen LogP contribution in [-0.2, 0) is 0 Å². The fourth-order valence-corrected chi connectivity index (χ4v) is 2.27. The molecule has 4 heteroatoms. The molecule has 0 spiro atoms. The van der Waals surface area contributed by atoms with Gasteiger partial charge in [0, 0.05) is 25.0 Å². The molecule has 2 unspecified atom stereocenters. The summed E-state index contributed by atoms with van der Waals surface area (Å²) in [6, 6.07) is 7.28. The number of nitrogens with one attached hydrogen (secondary N) is 2. The van der Waals surface area contributed by atoms with Crippen molar-refractivity contribution < 1.29 is 4.39 Å². The van der Waals surface area contributed by atoms with Gasteiger partial charge in [0.05, 0.1) is 0 Å². The summed E-state index contributed by atoms with van der Waals surface area (Å²) in [5, 5.41) is 6.62. The summed E-state index contributed by atoms with van der Waals surface area (Å²) >= 11 is 0. The molecular formula is C13H16FN3. The number of nitrogens with zero attached hydrogens (tertiary/aromatic N) is 1. The topological polar surface area (TPSA) is 36.4 Å². The highest BCUT2D eigenvalue weighted by atomic mass is 19.1. The second-order valence-corrected chi connectivity index (χ2v) is 4.66. The lowest BCUT2D eigenvalue weighted by Crippen LogP contribution is -2.42. The van der Waals surface area contributed by atoms with Crippen molar-refractivity contribution in [3.05, 3.63) is 35.6 Å². The lowest BCUT2D eigenvalue weighted by Gasteiger charge is -2.16. The van der Waals surface area contributed by atoms with Gasteiger partial charge in [0.1, 0.15) is 5.82 Å². The average Bonchev–Trinajstić information content (AvgIpc) is 3.10. The van der Waals surface area contributed by atoms with Gasteiger partial charge in [0.2, 0.25) is 0 Å². The van der Waals surface area contributed by atoms with Crippen LogP contribution in [0.5, 0.6) is 0 Å². The first-order valence-corrected chi connectivity index (χ1v) is 6.13. The highest BCUT2D eigenvalue weighted by Crippen LogP contribution is 2.40. The van der Waals surface area contributed by atoms with Gasteiger partial charge in [-0.15, -0.1) is 0 Å². The van der Waals surface area contributed by atoms with Crippen molar-refractivity contribution in [1.82, 2.24) is 10.6 Å². The lowest BCUT2D eigenvalue weighted by atomic mass is 10.1. The summed E-state index contributed by atoms with van der Waals surface area (Å²) in [6.45, 7) is 1.88. The first-order valence-electron chi connectivity index (χ1n) is 6.13. The first kappa shape index (κ1) is 10.6. The van der Waals surface area contributed by atoms with Crippen molar-refractivity contribution in [3.8, 4) is 0 Å². The molecule has 3 rings (SSSR count). The van der Waals surface area contributed by atoms with Gasteiger partial charge in [-0.05, 0) is 30.5 Å². The maximum atomic E-state index is 13.1. The number of benzene rings is 1. The molecule has 2 atom stereocenters. The third-order valence-corrected chi connectivity index (χ3v) is 3.29. The molecule has 3 nitrogen and oxygen atoms in total. The molecular weight excluding hydrogens is 217 g/mol. The Morgan fingerprint density at radius 1 is 1.41 bits per heavy atom.